The van der Waals surface area contributed by atoms with E-state index in [1.807, 2.05) is 77.8 Å². The van der Waals surface area contributed by atoms with Crippen LogP contribution in [0.2, 0.25) is 0 Å². The van der Waals surface area contributed by atoms with Crippen molar-refractivity contribution in [1.29, 1.82) is 0 Å². The van der Waals surface area contributed by atoms with E-state index in [1.54, 1.807) is 30.3 Å². The molecule has 0 aromatic heterocycles. The van der Waals surface area contributed by atoms with Crippen molar-refractivity contribution in [3.8, 4) is 11.5 Å². The minimum atomic E-state index is -1.53. The molecule has 8 heteroatoms. The lowest BCUT2D eigenvalue weighted by Gasteiger charge is -2.35. The number of carbonyl (C=O) groups excluding carboxylic acids is 3. The van der Waals surface area contributed by atoms with E-state index in [0.717, 1.165) is 15.6 Å². The number of anilines is 1. The number of Topliss-reactive ketones (excluding diaryl/α,β-unsaturated/α-hetero) is 2. The summed E-state index contributed by atoms with van der Waals surface area (Å²) < 4.78 is 11.8. The Hall–Kier alpha value is -4.69. The third-order valence-electron chi connectivity index (χ3n) is 8.92. The fraction of sp³-hybridized carbons (Fsp3) is 0.171. The second-order valence-electron chi connectivity index (χ2n) is 10.9. The molecule has 3 aliphatic rings. The molecule has 0 saturated carbocycles. The van der Waals surface area contributed by atoms with Gasteiger partial charge in [0.15, 0.2) is 23.1 Å². The molecule has 4 aromatic rings. The summed E-state index contributed by atoms with van der Waals surface area (Å²) >= 11 is 3.46. The molecule has 1 saturated heterocycles. The van der Waals surface area contributed by atoms with Gasteiger partial charge in [-0.15, -0.1) is 0 Å². The molecule has 3 heterocycles. The van der Waals surface area contributed by atoms with Crippen LogP contribution in [0.15, 0.2) is 102 Å². The molecule has 4 aromatic carbocycles. The van der Waals surface area contributed by atoms with E-state index < -0.39 is 23.4 Å². The second-order valence-corrected chi connectivity index (χ2v) is 11.8. The number of amides is 1. The third kappa shape index (κ3) is 3.89. The monoisotopic (exact) mass is 634 g/mol. The molecule has 43 heavy (non-hydrogen) atoms. The summed E-state index contributed by atoms with van der Waals surface area (Å²) in [7, 11) is 3.05. The highest BCUT2D eigenvalue weighted by atomic mass is 79.9. The predicted octanol–water partition coefficient (Wildman–Crippen LogP) is 6.45. The van der Waals surface area contributed by atoms with E-state index in [0.29, 0.717) is 33.9 Å². The second kappa shape index (κ2) is 10.2. The molecule has 1 amide bonds. The van der Waals surface area contributed by atoms with Crippen molar-refractivity contribution in [2.45, 2.75) is 17.5 Å². The van der Waals surface area contributed by atoms with Gasteiger partial charge in [0, 0.05) is 27.5 Å². The fourth-order valence-electron chi connectivity index (χ4n) is 7.12. The van der Waals surface area contributed by atoms with Crippen molar-refractivity contribution in [1.82, 2.24) is 4.90 Å². The summed E-state index contributed by atoms with van der Waals surface area (Å²) in [6.07, 6.45) is 3.82. The topological polar surface area (TPSA) is 84.9 Å². The van der Waals surface area contributed by atoms with Crippen molar-refractivity contribution in [2.24, 2.45) is 5.92 Å². The number of hydrogen-bond acceptors (Lipinski definition) is 6. The van der Waals surface area contributed by atoms with Crippen LogP contribution in [0.4, 0.5) is 5.69 Å². The number of fused-ring (bicyclic) bond motifs is 5. The summed E-state index contributed by atoms with van der Waals surface area (Å²) in [5.41, 5.74) is 2.34. The van der Waals surface area contributed by atoms with Crippen LogP contribution in [0.25, 0.3) is 6.08 Å². The summed E-state index contributed by atoms with van der Waals surface area (Å²) in [5.74, 6) is -0.942. The Morgan fingerprint density at radius 2 is 1.53 bits per heavy atom. The quantitative estimate of drug-likeness (QED) is 0.246. The van der Waals surface area contributed by atoms with Crippen molar-refractivity contribution in [3.05, 3.63) is 129 Å². The molecule has 1 N–H and O–H groups in total. The molecule has 7 nitrogen and oxygen atoms in total. The lowest BCUT2D eigenvalue weighted by Crippen LogP contribution is -2.54. The van der Waals surface area contributed by atoms with Gasteiger partial charge in [-0.3, -0.25) is 14.4 Å². The Balaban J connectivity index is 1.52. The van der Waals surface area contributed by atoms with E-state index in [4.69, 9.17) is 9.47 Å². The minimum Gasteiger partial charge on any atom is -0.493 e. The van der Waals surface area contributed by atoms with Crippen LogP contribution in [0.3, 0.4) is 0 Å². The van der Waals surface area contributed by atoms with Crippen LogP contribution in [0, 0.1) is 5.92 Å². The number of methoxy groups -OCH3 is 2. The zero-order chi connectivity index (χ0) is 29.9. The number of benzene rings is 4. The van der Waals surface area contributed by atoms with Gasteiger partial charge in [0.25, 0.3) is 0 Å². The Morgan fingerprint density at radius 3 is 2.30 bits per heavy atom. The molecule has 214 valence electrons. The van der Waals surface area contributed by atoms with Crippen LogP contribution < -0.4 is 14.8 Å². The lowest BCUT2D eigenvalue weighted by atomic mass is 9.63. The minimum absolute atomic E-state index is 0.240. The van der Waals surface area contributed by atoms with Gasteiger partial charge >= 0.3 is 0 Å². The molecule has 1 fully saturated rings. The number of rotatable bonds is 6. The van der Waals surface area contributed by atoms with Gasteiger partial charge in [-0.05, 0) is 59.2 Å². The van der Waals surface area contributed by atoms with Gasteiger partial charge in [-0.1, -0.05) is 70.5 Å². The standard InChI is InChI=1S/C35H27BrN2O5/c1-42-27-16-13-22(19-28(27)43-2)31(39)29-30-24-8-4-3-7-20(24)17-18-38(30)33(32(40)21-11-14-23(36)15-12-21)35(29)25-9-5-6-10-26(25)37-34(35)41/h3-19,29-30,33H,1-2H3,(H,37,41). The van der Waals surface area contributed by atoms with Crippen LogP contribution in [-0.2, 0) is 10.2 Å². The average molecular weight is 636 g/mol. The Morgan fingerprint density at radius 1 is 0.837 bits per heavy atom. The number of nitrogens with zero attached hydrogens (tertiary/aromatic N) is 1. The Bertz CT molecular complexity index is 1830. The average Bonchev–Trinajstić information content (AvgIpc) is 3.52. The van der Waals surface area contributed by atoms with Crippen LogP contribution in [-0.4, -0.2) is 42.6 Å². The summed E-state index contributed by atoms with van der Waals surface area (Å²) in [6.45, 7) is 0. The first-order chi connectivity index (χ1) is 20.9. The highest BCUT2D eigenvalue weighted by molar-refractivity contribution is 9.10. The van der Waals surface area contributed by atoms with E-state index >= 15 is 4.79 Å². The smallest absolute Gasteiger partial charge is 0.238 e. The highest BCUT2D eigenvalue weighted by Crippen LogP contribution is 2.61. The third-order valence-corrected chi connectivity index (χ3v) is 9.45. The van der Waals surface area contributed by atoms with Crippen molar-refractivity contribution < 1.29 is 23.9 Å². The number of para-hydroxylation sites is 1. The van der Waals surface area contributed by atoms with E-state index in [2.05, 4.69) is 21.2 Å². The zero-order valence-corrected chi connectivity index (χ0v) is 25.0. The molecule has 0 aliphatic carbocycles. The molecule has 4 atom stereocenters. The maximum Gasteiger partial charge on any atom is 0.238 e. The Kier molecular flexibility index (Phi) is 6.47. The number of ether oxygens (including phenoxy) is 2. The van der Waals surface area contributed by atoms with Gasteiger partial charge in [0.2, 0.25) is 5.91 Å². The van der Waals surface area contributed by atoms with Crippen LogP contribution in [0.1, 0.15) is 43.4 Å². The molecule has 0 radical (unpaired) electrons. The number of ketones is 2. The van der Waals surface area contributed by atoms with E-state index in [9.17, 15) is 9.59 Å². The summed E-state index contributed by atoms with van der Waals surface area (Å²) in [6, 6.07) is 25.7. The van der Waals surface area contributed by atoms with Crippen LogP contribution >= 0.6 is 15.9 Å². The fourth-order valence-corrected chi connectivity index (χ4v) is 7.38. The molecule has 1 spiro atoms. The molecular formula is C35H27BrN2O5. The summed E-state index contributed by atoms with van der Waals surface area (Å²) in [4.78, 5) is 46.2. The van der Waals surface area contributed by atoms with Crippen molar-refractivity contribution in [3.63, 3.8) is 0 Å². The van der Waals surface area contributed by atoms with E-state index in [1.165, 1.54) is 14.2 Å². The Labute approximate surface area is 257 Å². The normalized spacial score (nSPS) is 22.9. The maximum atomic E-state index is 15.0. The molecule has 4 unspecified atom stereocenters. The lowest BCUT2D eigenvalue weighted by molar-refractivity contribution is -0.122. The van der Waals surface area contributed by atoms with Gasteiger partial charge in [-0.25, -0.2) is 0 Å². The first-order valence-corrected chi connectivity index (χ1v) is 14.7. The number of nitrogens with one attached hydrogen (secondary N) is 1. The number of carbonyl (C=O) groups is 3. The van der Waals surface area contributed by atoms with Gasteiger partial charge in [0.1, 0.15) is 11.5 Å². The summed E-state index contributed by atoms with van der Waals surface area (Å²) in [5, 5.41) is 3.04. The van der Waals surface area contributed by atoms with E-state index in [-0.39, 0.29) is 17.5 Å². The number of hydrogen-bond donors (Lipinski definition) is 1. The van der Waals surface area contributed by atoms with Gasteiger partial charge in [0.05, 0.1) is 26.2 Å². The van der Waals surface area contributed by atoms with Gasteiger partial charge in [-0.2, -0.15) is 0 Å². The molecule has 7 rings (SSSR count). The zero-order valence-electron chi connectivity index (χ0n) is 23.4. The molecular weight excluding hydrogens is 608 g/mol. The van der Waals surface area contributed by atoms with Crippen molar-refractivity contribution >= 4 is 45.2 Å². The maximum absolute atomic E-state index is 15.0. The van der Waals surface area contributed by atoms with Crippen molar-refractivity contribution in [2.75, 3.05) is 19.5 Å². The first-order valence-electron chi connectivity index (χ1n) is 13.9. The largest absolute Gasteiger partial charge is 0.493 e. The van der Waals surface area contributed by atoms with Gasteiger partial charge < -0.3 is 19.7 Å². The van der Waals surface area contributed by atoms with Crippen LogP contribution in [0.5, 0.6) is 11.5 Å². The number of halogens is 1. The highest BCUT2D eigenvalue weighted by Gasteiger charge is 2.71. The predicted molar refractivity (Wildman–Crippen MR) is 166 cm³/mol. The molecule has 0 bridgehead atoms. The SMILES string of the molecule is COc1ccc(C(=O)C2C3c4ccccc4C=CN3C(C(=O)c3ccc(Br)cc3)C23C(=O)Nc2ccccc23)cc1OC. The first kappa shape index (κ1) is 27.2. The molecule has 3 aliphatic heterocycles.